The Balaban J connectivity index is 1.63. The van der Waals surface area contributed by atoms with E-state index in [1.165, 1.54) is 19.6 Å². The molecule has 98 valence electrons. The second-order valence-electron chi connectivity index (χ2n) is 6.19. The zero-order chi connectivity index (χ0) is 11.9. The summed E-state index contributed by atoms with van der Waals surface area (Å²) in [7, 11) is 0. The van der Waals surface area contributed by atoms with E-state index >= 15 is 0 Å². The molecule has 0 spiro atoms. The fourth-order valence-electron chi connectivity index (χ4n) is 3.71. The summed E-state index contributed by atoms with van der Waals surface area (Å²) in [5, 5.41) is 3.53. The molecule has 4 nitrogen and oxygen atoms in total. The van der Waals surface area contributed by atoms with E-state index in [2.05, 4.69) is 24.1 Å². The van der Waals surface area contributed by atoms with Gasteiger partial charge in [-0.25, -0.2) is 0 Å². The monoisotopic (exact) mass is 240 g/mol. The summed E-state index contributed by atoms with van der Waals surface area (Å²) < 4.78 is 10.9. The molecular formula is C13H24N2O2. The predicted molar refractivity (Wildman–Crippen MR) is 65.8 cm³/mol. The zero-order valence-electron chi connectivity index (χ0n) is 10.9. The van der Waals surface area contributed by atoms with Gasteiger partial charge in [0.2, 0.25) is 0 Å². The van der Waals surface area contributed by atoms with Crippen molar-refractivity contribution in [2.45, 2.75) is 31.9 Å². The van der Waals surface area contributed by atoms with Gasteiger partial charge in [0.1, 0.15) is 6.79 Å². The number of nitrogens with zero attached hydrogens (tertiary/aromatic N) is 1. The highest BCUT2D eigenvalue weighted by atomic mass is 16.7. The molecule has 3 fully saturated rings. The summed E-state index contributed by atoms with van der Waals surface area (Å²) in [6.45, 7) is 10.8. The smallest absolute Gasteiger partial charge is 0.147 e. The largest absolute Gasteiger partial charge is 0.355 e. The van der Waals surface area contributed by atoms with Gasteiger partial charge in [-0.15, -0.1) is 0 Å². The number of likely N-dealkylation sites (tertiary alicyclic amines) is 1. The fraction of sp³-hybridized carbons (Fsp3) is 1.00. The lowest BCUT2D eigenvalue weighted by Gasteiger charge is -2.38. The SMILES string of the molecule is CC1(C)C2CNCC2CN1CC1CCOCO1. The van der Waals surface area contributed by atoms with Crippen molar-refractivity contribution in [1.29, 1.82) is 0 Å². The van der Waals surface area contributed by atoms with E-state index in [1.807, 2.05) is 0 Å². The topological polar surface area (TPSA) is 33.7 Å². The molecule has 0 radical (unpaired) electrons. The highest BCUT2D eigenvalue weighted by Crippen LogP contribution is 2.40. The first-order valence-corrected chi connectivity index (χ1v) is 6.83. The van der Waals surface area contributed by atoms with E-state index in [4.69, 9.17) is 9.47 Å². The molecule has 0 aromatic carbocycles. The third kappa shape index (κ3) is 2.12. The molecule has 3 heterocycles. The molecule has 0 aromatic heterocycles. The van der Waals surface area contributed by atoms with E-state index < -0.39 is 0 Å². The summed E-state index contributed by atoms with van der Waals surface area (Å²) in [4.78, 5) is 2.64. The number of hydrogen-bond acceptors (Lipinski definition) is 4. The number of rotatable bonds is 2. The van der Waals surface area contributed by atoms with E-state index in [0.29, 0.717) is 18.4 Å². The van der Waals surface area contributed by atoms with Crippen molar-refractivity contribution in [1.82, 2.24) is 10.2 Å². The molecule has 0 saturated carbocycles. The molecule has 0 aromatic rings. The molecule has 3 saturated heterocycles. The summed E-state index contributed by atoms with van der Waals surface area (Å²) >= 11 is 0. The van der Waals surface area contributed by atoms with Gasteiger partial charge < -0.3 is 14.8 Å². The number of ether oxygens (including phenoxy) is 2. The molecule has 0 bridgehead atoms. The van der Waals surface area contributed by atoms with Gasteiger partial charge in [0, 0.05) is 25.2 Å². The second-order valence-corrected chi connectivity index (χ2v) is 6.19. The number of hydrogen-bond donors (Lipinski definition) is 1. The quantitative estimate of drug-likeness (QED) is 0.769. The van der Waals surface area contributed by atoms with Crippen LogP contribution in [0.15, 0.2) is 0 Å². The first-order valence-electron chi connectivity index (χ1n) is 6.83. The van der Waals surface area contributed by atoms with Crippen LogP contribution in [0.25, 0.3) is 0 Å². The van der Waals surface area contributed by atoms with Gasteiger partial charge in [0.25, 0.3) is 0 Å². The lowest BCUT2D eigenvalue weighted by molar-refractivity contribution is -0.147. The highest BCUT2D eigenvalue weighted by molar-refractivity contribution is 5.04. The lowest BCUT2D eigenvalue weighted by atomic mass is 9.85. The van der Waals surface area contributed by atoms with Crippen molar-refractivity contribution >= 4 is 0 Å². The highest BCUT2D eigenvalue weighted by Gasteiger charge is 2.49. The normalized spacial score (nSPS) is 41.6. The Morgan fingerprint density at radius 1 is 1.35 bits per heavy atom. The van der Waals surface area contributed by atoms with Crippen LogP contribution in [0.5, 0.6) is 0 Å². The van der Waals surface area contributed by atoms with E-state index in [9.17, 15) is 0 Å². The Morgan fingerprint density at radius 3 is 2.94 bits per heavy atom. The number of nitrogens with one attached hydrogen (secondary N) is 1. The molecule has 17 heavy (non-hydrogen) atoms. The van der Waals surface area contributed by atoms with E-state index in [0.717, 1.165) is 31.4 Å². The second kappa shape index (κ2) is 4.50. The van der Waals surface area contributed by atoms with Crippen LogP contribution in [0.1, 0.15) is 20.3 Å². The summed E-state index contributed by atoms with van der Waals surface area (Å²) in [6, 6.07) is 0. The molecule has 3 rings (SSSR count). The van der Waals surface area contributed by atoms with Crippen LogP contribution in [-0.4, -0.2) is 56.1 Å². The Bertz CT molecular complexity index is 277. The minimum absolute atomic E-state index is 0.315. The molecule has 3 aliphatic heterocycles. The third-order valence-electron chi connectivity index (χ3n) is 4.91. The third-order valence-corrected chi connectivity index (χ3v) is 4.91. The first-order chi connectivity index (χ1) is 8.18. The molecule has 3 unspecified atom stereocenters. The molecule has 3 aliphatic rings. The molecule has 4 heteroatoms. The fourth-order valence-corrected chi connectivity index (χ4v) is 3.71. The van der Waals surface area contributed by atoms with Crippen LogP contribution in [-0.2, 0) is 9.47 Å². The van der Waals surface area contributed by atoms with Crippen LogP contribution in [0.4, 0.5) is 0 Å². The van der Waals surface area contributed by atoms with Crippen LogP contribution in [0.2, 0.25) is 0 Å². The molecule has 3 atom stereocenters. The average molecular weight is 240 g/mol. The first kappa shape index (κ1) is 11.9. The van der Waals surface area contributed by atoms with Crippen LogP contribution >= 0.6 is 0 Å². The Morgan fingerprint density at radius 2 is 2.24 bits per heavy atom. The van der Waals surface area contributed by atoms with E-state index in [1.54, 1.807) is 0 Å². The van der Waals surface area contributed by atoms with Crippen molar-refractivity contribution in [3.63, 3.8) is 0 Å². The molecule has 1 N–H and O–H groups in total. The van der Waals surface area contributed by atoms with Gasteiger partial charge in [-0.2, -0.15) is 0 Å². The molecular weight excluding hydrogens is 216 g/mol. The maximum atomic E-state index is 5.68. The standard InChI is InChI=1S/C13H24N2O2/c1-13(2)12-6-14-5-10(12)7-15(13)8-11-3-4-16-9-17-11/h10-12,14H,3-9H2,1-2H3. The minimum atomic E-state index is 0.315. The van der Waals surface area contributed by atoms with Gasteiger partial charge in [-0.3, -0.25) is 4.90 Å². The van der Waals surface area contributed by atoms with Crippen LogP contribution < -0.4 is 5.32 Å². The Kier molecular flexibility index (Phi) is 3.15. The minimum Gasteiger partial charge on any atom is -0.355 e. The van der Waals surface area contributed by atoms with Crippen molar-refractivity contribution in [3.05, 3.63) is 0 Å². The summed E-state index contributed by atoms with van der Waals surface area (Å²) in [5.74, 6) is 1.65. The average Bonchev–Trinajstić information content (AvgIpc) is 2.85. The van der Waals surface area contributed by atoms with Crippen molar-refractivity contribution in [2.24, 2.45) is 11.8 Å². The van der Waals surface area contributed by atoms with Gasteiger partial charge >= 0.3 is 0 Å². The molecule has 0 amide bonds. The number of fused-ring (bicyclic) bond motifs is 1. The Hall–Kier alpha value is -0.160. The maximum Gasteiger partial charge on any atom is 0.147 e. The van der Waals surface area contributed by atoms with Crippen LogP contribution in [0.3, 0.4) is 0 Å². The molecule has 0 aliphatic carbocycles. The zero-order valence-corrected chi connectivity index (χ0v) is 10.9. The van der Waals surface area contributed by atoms with Gasteiger partial charge in [-0.1, -0.05) is 0 Å². The summed E-state index contributed by atoms with van der Waals surface area (Å²) in [5.41, 5.74) is 0.315. The van der Waals surface area contributed by atoms with Crippen molar-refractivity contribution in [3.8, 4) is 0 Å². The van der Waals surface area contributed by atoms with Gasteiger partial charge in [0.05, 0.1) is 12.7 Å². The predicted octanol–water partition coefficient (Wildman–Crippen LogP) is 0.679. The van der Waals surface area contributed by atoms with Gasteiger partial charge in [-0.05, 0) is 38.6 Å². The Labute approximate surface area is 104 Å². The van der Waals surface area contributed by atoms with E-state index in [-0.39, 0.29) is 0 Å². The maximum absolute atomic E-state index is 5.68. The van der Waals surface area contributed by atoms with Crippen molar-refractivity contribution in [2.75, 3.05) is 39.6 Å². The van der Waals surface area contributed by atoms with Crippen LogP contribution in [0, 0.1) is 11.8 Å². The summed E-state index contributed by atoms with van der Waals surface area (Å²) in [6.07, 6.45) is 1.41. The van der Waals surface area contributed by atoms with Crippen molar-refractivity contribution < 1.29 is 9.47 Å². The van der Waals surface area contributed by atoms with Gasteiger partial charge in [0.15, 0.2) is 0 Å². The lowest BCUT2D eigenvalue weighted by Crippen LogP contribution is -2.48.